The van der Waals surface area contributed by atoms with Crippen LogP contribution >= 0.6 is 0 Å². The lowest BCUT2D eigenvalue weighted by Gasteiger charge is -2.12. The second kappa shape index (κ2) is 9.07. The van der Waals surface area contributed by atoms with E-state index in [0.29, 0.717) is 34.8 Å². The van der Waals surface area contributed by atoms with Crippen molar-refractivity contribution in [2.75, 3.05) is 26.0 Å². The molecule has 6 aromatic rings. The third kappa shape index (κ3) is 4.17. The maximum Gasteiger partial charge on any atom is 0.181 e. The Bertz CT molecular complexity index is 1750. The molecule has 0 amide bonds. The fourth-order valence-electron chi connectivity index (χ4n) is 4.44. The predicted molar refractivity (Wildman–Crippen MR) is 142 cm³/mol. The van der Waals surface area contributed by atoms with Gasteiger partial charge in [0.05, 0.1) is 34.5 Å². The molecule has 9 nitrogen and oxygen atoms in total. The van der Waals surface area contributed by atoms with Crippen molar-refractivity contribution in [2.24, 2.45) is 0 Å². The van der Waals surface area contributed by atoms with Gasteiger partial charge in [-0.15, -0.1) is 0 Å². The van der Waals surface area contributed by atoms with Crippen LogP contribution in [0.5, 0.6) is 0 Å². The Kier molecular flexibility index (Phi) is 5.57. The number of halogens is 1. The number of pyridine rings is 3. The van der Waals surface area contributed by atoms with Crippen molar-refractivity contribution < 1.29 is 4.39 Å². The van der Waals surface area contributed by atoms with E-state index >= 15 is 0 Å². The number of aromatic amines is 2. The molecular weight excluding hydrogens is 469 g/mol. The number of imidazole rings is 1. The van der Waals surface area contributed by atoms with Crippen LogP contribution in [0.4, 0.5) is 10.1 Å². The number of anilines is 1. The zero-order valence-electron chi connectivity index (χ0n) is 20.5. The van der Waals surface area contributed by atoms with Gasteiger partial charge in [-0.25, -0.2) is 14.4 Å². The van der Waals surface area contributed by atoms with Crippen molar-refractivity contribution in [3.05, 3.63) is 72.7 Å². The summed E-state index contributed by atoms with van der Waals surface area (Å²) < 4.78 is 14.4. The van der Waals surface area contributed by atoms with Crippen LogP contribution in [0, 0.1) is 5.82 Å². The first-order valence-electron chi connectivity index (χ1n) is 11.8. The van der Waals surface area contributed by atoms with E-state index < -0.39 is 0 Å². The van der Waals surface area contributed by atoms with Crippen LogP contribution in [0.15, 0.2) is 61.3 Å². The summed E-state index contributed by atoms with van der Waals surface area (Å²) in [5.41, 5.74) is 7.89. The monoisotopic (exact) mass is 493 g/mol. The van der Waals surface area contributed by atoms with Crippen LogP contribution in [-0.2, 0) is 6.54 Å². The molecule has 184 valence electrons. The van der Waals surface area contributed by atoms with E-state index in [-0.39, 0.29) is 5.82 Å². The summed E-state index contributed by atoms with van der Waals surface area (Å²) in [5.74, 6) is 0.291. The minimum Gasteiger partial charge on any atom is -0.376 e. The van der Waals surface area contributed by atoms with E-state index in [9.17, 15) is 4.39 Å². The summed E-state index contributed by atoms with van der Waals surface area (Å²) in [6, 6.07) is 9.06. The second-order valence-electron chi connectivity index (χ2n) is 9.07. The van der Waals surface area contributed by atoms with E-state index in [1.165, 1.54) is 12.1 Å². The lowest BCUT2D eigenvalue weighted by atomic mass is 10.0. The molecule has 0 aliphatic carbocycles. The maximum absolute atomic E-state index is 14.4. The lowest BCUT2D eigenvalue weighted by Crippen LogP contribution is -2.08. The van der Waals surface area contributed by atoms with E-state index in [1.54, 1.807) is 18.6 Å². The number of hydrogen-bond donors (Lipinski definition) is 3. The molecule has 0 saturated carbocycles. The Morgan fingerprint density at radius 2 is 1.76 bits per heavy atom. The van der Waals surface area contributed by atoms with Crippen molar-refractivity contribution in [1.29, 1.82) is 0 Å². The normalized spacial score (nSPS) is 11.5. The Morgan fingerprint density at radius 1 is 0.919 bits per heavy atom. The molecule has 6 rings (SSSR count). The third-order valence-corrected chi connectivity index (χ3v) is 6.26. The van der Waals surface area contributed by atoms with Crippen molar-refractivity contribution in [2.45, 2.75) is 6.54 Å². The predicted octanol–water partition coefficient (Wildman–Crippen LogP) is 4.55. The topological polar surface area (TPSA) is 111 Å². The number of fused-ring (bicyclic) bond motifs is 2. The average Bonchev–Trinajstić information content (AvgIpc) is 3.52. The van der Waals surface area contributed by atoms with Gasteiger partial charge in [-0.05, 0) is 48.5 Å². The van der Waals surface area contributed by atoms with Gasteiger partial charge in [0.1, 0.15) is 11.5 Å². The fraction of sp³-hybridized carbons (Fsp3) is 0.148. The molecule has 10 heteroatoms. The maximum atomic E-state index is 14.4. The van der Waals surface area contributed by atoms with Gasteiger partial charge in [0.15, 0.2) is 11.5 Å². The van der Waals surface area contributed by atoms with Crippen LogP contribution in [0.25, 0.3) is 55.8 Å². The Balaban J connectivity index is 1.46. The molecule has 0 aliphatic heterocycles. The first-order valence-corrected chi connectivity index (χ1v) is 11.8. The summed E-state index contributed by atoms with van der Waals surface area (Å²) in [6.45, 7) is 0.558. The van der Waals surface area contributed by atoms with Gasteiger partial charge < -0.3 is 15.2 Å². The van der Waals surface area contributed by atoms with E-state index in [1.807, 2.05) is 50.6 Å². The molecule has 0 radical (unpaired) electrons. The summed E-state index contributed by atoms with van der Waals surface area (Å²) in [4.78, 5) is 23.5. The number of benzene rings is 1. The molecule has 0 saturated heterocycles. The standard InChI is InChI=1S/C27H24FN9/c1-29-9-15-4-16(6-19(28)5-15)22-13-31-14-23-24(22)34-27(33-23)25-21-8-18(11-32-26(21)36-35-25)17-7-20(37(2)3)12-30-10-17/h4-8,10-14,29H,9H2,1-3H3,(H,33,34)(H,32,35,36). The van der Waals surface area contributed by atoms with E-state index in [2.05, 4.69) is 41.5 Å². The van der Waals surface area contributed by atoms with Crippen LogP contribution in [0.3, 0.4) is 0 Å². The molecule has 1 aromatic carbocycles. The first-order chi connectivity index (χ1) is 18.0. The van der Waals surface area contributed by atoms with Gasteiger partial charge in [0.25, 0.3) is 0 Å². The molecule has 5 heterocycles. The Hall–Kier alpha value is -4.70. The lowest BCUT2D eigenvalue weighted by molar-refractivity contribution is 0.624. The molecule has 3 N–H and O–H groups in total. The molecule has 0 fully saturated rings. The van der Waals surface area contributed by atoms with Crippen molar-refractivity contribution in [3.63, 3.8) is 0 Å². The molecule has 0 bridgehead atoms. The largest absolute Gasteiger partial charge is 0.376 e. The number of nitrogens with zero attached hydrogens (tertiary/aromatic N) is 6. The number of H-pyrrole nitrogens is 2. The molecule has 37 heavy (non-hydrogen) atoms. The Labute approximate surface area is 211 Å². The van der Waals surface area contributed by atoms with E-state index in [4.69, 9.17) is 4.98 Å². The minimum atomic E-state index is -0.304. The van der Waals surface area contributed by atoms with Crippen molar-refractivity contribution in [1.82, 2.24) is 40.4 Å². The van der Waals surface area contributed by atoms with Crippen molar-refractivity contribution >= 4 is 27.8 Å². The van der Waals surface area contributed by atoms with E-state index in [0.717, 1.165) is 38.8 Å². The highest BCUT2D eigenvalue weighted by atomic mass is 19.1. The highest BCUT2D eigenvalue weighted by Crippen LogP contribution is 2.33. The van der Waals surface area contributed by atoms with Crippen LogP contribution in [0.1, 0.15) is 5.56 Å². The summed E-state index contributed by atoms with van der Waals surface area (Å²) >= 11 is 0. The smallest absolute Gasteiger partial charge is 0.181 e. The molecule has 0 spiro atoms. The average molecular weight is 494 g/mol. The highest BCUT2D eigenvalue weighted by Gasteiger charge is 2.17. The SMILES string of the molecule is CNCc1cc(F)cc(-c2cncc3[nH]c(-c4[nH]nc5ncc(-c6cncc(N(C)C)c6)cc45)nc23)c1. The van der Waals surface area contributed by atoms with Crippen LogP contribution in [0.2, 0.25) is 0 Å². The van der Waals surface area contributed by atoms with Gasteiger partial charge in [0, 0.05) is 55.9 Å². The van der Waals surface area contributed by atoms with Crippen molar-refractivity contribution in [3.8, 4) is 33.8 Å². The third-order valence-electron chi connectivity index (χ3n) is 6.26. The first kappa shape index (κ1) is 22.7. The number of aromatic nitrogens is 7. The number of nitrogens with one attached hydrogen (secondary N) is 3. The summed E-state index contributed by atoms with van der Waals surface area (Å²) in [5, 5.41) is 11.3. The van der Waals surface area contributed by atoms with Gasteiger partial charge in [-0.2, -0.15) is 5.10 Å². The zero-order chi connectivity index (χ0) is 25.5. The number of rotatable bonds is 6. The van der Waals surface area contributed by atoms with Crippen LogP contribution < -0.4 is 10.2 Å². The van der Waals surface area contributed by atoms with Gasteiger partial charge >= 0.3 is 0 Å². The number of hydrogen-bond acceptors (Lipinski definition) is 7. The fourth-order valence-corrected chi connectivity index (χ4v) is 4.44. The second-order valence-corrected chi connectivity index (χ2v) is 9.07. The molecular formula is C27H24FN9. The summed E-state index contributed by atoms with van der Waals surface area (Å²) in [7, 11) is 5.79. The van der Waals surface area contributed by atoms with Gasteiger partial charge in [-0.1, -0.05) is 0 Å². The van der Waals surface area contributed by atoms with Gasteiger partial charge in [-0.3, -0.25) is 15.1 Å². The minimum absolute atomic E-state index is 0.304. The highest BCUT2D eigenvalue weighted by molar-refractivity contribution is 5.96. The Morgan fingerprint density at radius 3 is 2.59 bits per heavy atom. The quantitative estimate of drug-likeness (QED) is 0.312. The molecule has 0 aliphatic rings. The molecule has 5 aromatic heterocycles. The van der Waals surface area contributed by atoms with Gasteiger partial charge in [0.2, 0.25) is 0 Å². The van der Waals surface area contributed by atoms with Crippen LogP contribution in [-0.4, -0.2) is 56.3 Å². The summed E-state index contributed by atoms with van der Waals surface area (Å²) in [6.07, 6.45) is 8.84. The molecule has 0 atom stereocenters. The molecule has 0 unspecified atom stereocenters. The zero-order valence-corrected chi connectivity index (χ0v) is 20.5.